The van der Waals surface area contributed by atoms with Crippen LogP contribution in [0.15, 0.2) is 36.9 Å². The molecule has 5 rings (SSSR count). The number of aliphatic hydroxyl groups is 3. The van der Waals surface area contributed by atoms with Gasteiger partial charge in [0.15, 0.2) is 23.2 Å². The molecular formula is C22H26FN5O5. The van der Waals surface area contributed by atoms with Gasteiger partial charge in [-0.15, -0.1) is 0 Å². The van der Waals surface area contributed by atoms with E-state index in [1.165, 1.54) is 29.4 Å². The van der Waals surface area contributed by atoms with Gasteiger partial charge in [-0.05, 0) is 37.0 Å². The summed E-state index contributed by atoms with van der Waals surface area (Å²) in [6, 6.07) is 6.37. The van der Waals surface area contributed by atoms with Crippen LogP contribution in [0.25, 0.3) is 11.2 Å². The summed E-state index contributed by atoms with van der Waals surface area (Å²) in [6.07, 6.45) is 1.26. The molecule has 0 spiro atoms. The Morgan fingerprint density at radius 3 is 2.85 bits per heavy atom. The van der Waals surface area contributed by atoms with Crippen molar-refractivity contribution in [3.63, 3.8) is 0 Å². The number of benzene rings is 1. The molecule has 1 aliphatic heterocycles. The van der Waals surface area contributed by atoms with E-state index in [4.69, 9.17) is 9.47 Å². The lowest BCUT2D eigenvalue weighted by Gasteiger charge is -2.22. The van der Waals surface area contributed by atoms with Crippen LogP contribution < -0.4 is 5.32 Å². The normalized spacial score (nSPS) is 29.7. The monoisotopic (exact) mass is 459 g/mol. The summed E-state index contributed by atoms with van der Waals surface area (Å²) >= 11 is 0. The van der Waals surface area contributed by atoms with Gasteiger partial charge in [0, 0.05) is 0 Å². The number of hydrogen-bond donors (Lipinski definition) is 4. The Hall–Kier alpha value is -2.70. The molecule has 2 aliphatic rings. The first-order chi connectivity index (χ1) is 16.0. The van der Waals surface area contributed by atoms with Crippen molar-refractivity contribution in [2.75, 3.05) is 11.9 Å². The summed E-state index contributed by atoms with van der Waals surface area (Å²) in [6.45, 7) is -0.0957. The number of rotatable bonds is 7. The van der Waals surface area contributed by atoms with Crippen molar-refractivity contribution in [3.05, 3.63) is 48.3 Å². The summed E-state index contributed by atoms with van der Waals surface area (Å²) in [7, 11) is 0. The molecule has 0 radical (unpaired) electrons. The van der Waals surface area contributed by atoms with Crippen molar-refractivity contribution in [3.8, 4) is 0 Å². The Morgan fingerprint density at radius 1 is 1.18 bits per heavy atom. The third-order valence-electron chi connectivity index (χ3n) is 6.28. The molecule has 176 valence electrons. The van der Waals surface area contributed by atoms with Crippen LogP contribution in [0.4, 0.5) is 10.2 Å². The Kier molecular flexibility index (Phi) is 6.21. The smallest absolute Gasteiger partial charge is 0.167 e. The van der Waals surface area contributed by atoms with Crippen LogP contribution in [0.1, 0.15) is 31.1 Å². The third kappa shape index (κ3) is 4.30. The largest absolute Gasteiger partial charge is 0.394 e. The summed E-state index contributed by atoms with van der Waals surface area (Å²) in [5.41, 5.74) is 1.70. The Morgan fingerprint density at radius 2 is 2.06 bits per heavy atom. The second kappa shape index (κ2) is 9.27. The number of fused-ring (bicyclic) bond motifs is 1. The highest BCUT2D eigenvalue weighted by Crippen LogP contribution is 2.33. The van der Waals surface area contributed by atoms with E-state index >= 15 is 0 Å². The van der Waals surface area contributed by atoms with Crippen molar-refractivity contribution < 1.29 is 29.2 Å². The molecule has 1 aliphatic carbocycles. The zero-order chi connectivity index (χ0) is 22.9. The number of ether oxygens (including phenoxy) is 2. The number of halogens is 1. The maximum absolute atomic E-state index is 13.4. The van der Waals surface area contributed by atoms with Gasteiger partial charge >= 0.3 is 0 Å². The van der Waals surface area contributed by atoms with Gasteiger partial charge in [0.1, 0.15) is 30.5 Å². The van der Waals surface area contributed by atoms with Crippen LogP contribution in [0.2, 0.25) is 0 Å². The van der Waals surface area contributed by atoms with Crippen LogP contribution in [0, 0.1) is 5.82 Å². The highest BCUT2D eigenvalue weighted by molar-refractivity contribution is 5.82. The molecule has 0 amide bonds. The summed E-state index contributed by atoms with van der Waals surface area (Å²) in [5.74, 6) is 0.238. The lowest BCUT2D eigenvalue weighted by Crippen LogP contribution is -2.33. The standard InChI is InChI=1S/C22H26FN5O5/c23-13-4-1-3-12(7-13)9-32-15-6-2-5-14(15)27-20-17-21(25-10-24-20)28(11-26-17)22-19(31)18(30)16(8-29)33-22/h1,3-4,7,10-11,14-16,18-19,22,29-31H,2,5-6,8-9H2,(H,24,25,27)/t14-,15?,16?,18+,19+,22?/m0/s1. The van der Waals surface area contributed by atoms with Gasteiger partial charge in [-0.1, -0.05) is 12.1 Å². The number of aromatic nitrogens is 4. The average Bonchev–Trinajstić information content (AvgIpc) is 3.51. The van der Waals surface area contributed by atoms with E-state index in [9.17, 15) is 19.7 Å². The average molecular weight is 459 g/mol. The minimum Gasteiger partial charge on any atom is -0.394 e. The lowest BCUT2D eigenvalue weighted by atomic mass is 10.1. The third-order valence-corrected chi connectivity index (χ3v) is 6.28. The van der Waals surface area contributed by atoms with E-state index in [2.05, 4.69) is 20.3 Å². The SMILES string of the molecule is OCC1OC(n2cnc3c(N[C@H]4CCCC4OCc4cccc(F)c4)ncnc32)[C@H](O)[C@@H]1O. The van der Waals surface area contributed by atoms with E-state index in [-0.39, 0.29) is 18.0 Å². The second-order valence-electron chi connectivity index (χ2n) is 8.44. The fraction of sp³-hybridized carbons (Fsp3) is 0.500. The Labute approximate surface area is 189 Å². The minimum atomic E-state index is -1.23. The molecule has 2 fully saturated rings. The lowest BCUT2D eigenvalue weighted by molar-refractivity contribution is -0.0511. The zero-order valence-corrected chi connectivity index (χ0v) is 17.8. The predicted molar refractivity (Wildman–Crippen MR) is 115 cm³/mol. The van der Waals surface area contributed by atoms with Gasteiger partial charge < -0.3 is 30.1 Å². The van der Waals surface area contributed by atoms with Crippen molar-refractivity contribution in [1.82, 2.24) is 19.5 Å². The molecule has 3 aromatic rings. The molecule has 10 nitrogen and oxygen atoms in total. The molecule has 11 heteroatoms. The first-order valence-corrected chi connectivity index (χ1v) is 11.0. The van der Waals surface area contributed by atoms with Gasteiger partial charge in [-0.3, -0.25) is 4.57 Å². The van der Waals surface area contributed by atoms with Crippen LogP contribution >= 0.6 is 0 Å². The van der Waals surface area contributed by atoms with Gasteiger partial charge in [0.25, 0.3) is 0 Å². The van der Waals surface area contributed by atoms with Crippen LogP contribution in [-0.4, -0.2) is 71.9 Å². The Balaban J connectivity index is 1.32. The molecule has 4 N–H and O–H groups in total. The molecule has 2 aromatic heterocycles. The highest BCUT2D eigenvalue weighted by Gasteiger charge is 2.44. The first kappa shape index (κ1) is 22.1. The van der Waals surface area contributed by atoms with E-state index < -0.39 is 31.1 Å². The van der Waals surface area contributed by atoms with Crippen LogP contribution in [0.5, 0.6) is 0 Å². The molecule has 3 heterocycles. The molecule has 33 heavy (non-hydrogen) atoms. The van der Waals surface area contributed by atoms with Crippen molar-refractivity contribution >= 4 is 17.0 Å². The number of aliphatic hydroxyl groups excluding tert-OH is 3. The van der Waals surface area contributed by atoms with E-state index in [0.717, 1.165) is 24.8 Å². The van der Waals surface area contributed by atoms with Gasteiger partial charge in [0.05, 0.1) is 31.7 Å². The molecular weight excluding hydrogens is 433 g/mol. The summed E-state index contributed by atoms with van der Waals surface area (Å²) in [4.78, 5) is 13.0. The molecule has 0 bridgehead atoms. The number of hydrogen-bond acceptors (Lipinski definition) is 9. The molecule has 6 atom stereocenters. The second-order valence-corrected chi connectivity index (χ2v) is 8.44. The summed E-state index contributed by atoms with van der Waals surface area (Å²) in [5, 5.41) is 33.2. The zero-order valence-electron chi connectivity index (χ0n) is 17.8. The number of nitrogens with one attached hydrogen (secondary N) is 1. The summed E-state index contributed by atoms with van der Waals surface area (Å²) < 4.78 is 26.6. The Bertz CT molecular complexity index is 1110. The maximum Gasteiger partial charge on any atom is 0.167 e. The van der Waals surface area contributed by atoms with E-state index in [1.807, 2.05) is 6.07 Å². The van der Waals surface area contributed by atoms with E-state index in [1.54, 1.807) is 6.07 Å². The maximum atomic E-state index is 13.4. The molecule has 3 unspecified atom stereocenters. The molecule has 1 aromatic carbocycles. The van der Waals surface area contributed by atoms with Crippen molar-refractivity contribution in [2.45, 2.75) is 62.6 Å². The number of nitrogens with zero attached hydrogens (tertiary/aromatic N) is 4. The van der Waals surface area contributed by atoms with E-state index in [0.29, 0.717) is 23.6 Å². The van der Waals surface area contributed by atoms with Gasteiger partial charge in [-0.2, -0.15) is 0 Å². The van der Waals surface area contributed by atoms with Gasteiger partial charge in [-0.25, -0.2) is 19.3 Å². The fourth-order valence-electron chi connectivity index (χ4n) is 4.55. The van der Waals surface area contributed by atoms with Crippen LogP contribution in [0.3, 0.4) is 0 Å². The van der Waals surface area contributed by atoms with Crippen molar-refractivity contribution in [1.29, 1.82) is 0 Å². The predicted octanol–water partition coefficient (Wildman–Crippen LogP) is 1.13. The number of imidazole rings is 1. The van der Waals surface area contributed by atoms with Gasteiger partial charge in [0.2, 0.25) is 0 Å². The topological polar surface area (TPSA) is 135 Å². The minimum absolute atomic E-state index is 0.00396. The number of anilines is 1. The first-order valence-electron chi connectivity index (χ1n) is 11.0. The quantitative estimate of drug-likeness (QED) is 0.410. The molecule has 1 saturated carbocycles. The fourth-order valence-corrected chi connectivity index (χ4v) is 4.55. The molecule has 1 saturated heterocycles. The highest BCUT2D eigenvalue weighted by atomic mass is 19.1. The van der Waals surface area contributed by atoms with Crippen LogP contribution in [-0.2, 0) is 16.1 Å². The van der Waals surface area contributed by atoms with Crippen molar-refractivity contribution in [2.24, 2.45) is 0 Å².